The number of aromatic nitrogens is 3. The van der Waals surface area contributed by atoms with Crippen LogP contribution in [-0.2, 0) is 0 Å². The molecule has 0 unspecified atom stereocenters. The number of nitrogens with two attached hydrogens (primary N) is 1. The molecule has 2 N–H and O–H groups in total. The van der Waals surface area contributed by atoms with Gasteiger partial charge in [0.1, 0.15) is 11.5 Å². The van der Waals surface area contributed by atoms with Crippen LogP contribution in [0.3, 0.4) is 0 Å². The molecule has 0 saturated carbocycles. The minimum absolute atomic E-state index is 0.00424. The van der Waals surface area contributed by atoms with Crippen LogP contribution in [0.1, 0.15) is 35.8 Å². The highest BCUT2D eigenvalue weighted by Gasteiger charge is 2.26. The van der Waals surface area contributed by atoms with Crippen LogP contribution in [0.25, 0.3) is 16.9 Å². The largest absolute Gasteiger partial charge is 0.479 e. The van der Waals surface area contributed by atoms with Crippen LogP contribution in [0, 0.1) is 5.82 Å². The molecule has 3 rings (SSSR count). The van der Waals surface area contributed by atoms with E-state index in [-0.39, 0.29) is 28.4 Å². The van der Waals surface area contributed by atoms with E-state index < -0.39 is 11.7 Å². The third-order valence-electron chi connectivity index (χ3n) is 4.41. The number of ether oxygens (including phenoxy) is 2. The fraction of sp³-hybridized carbons (Fsp3) is 0.250. The number of halogens is 2. The smallest absolute Gasteiger partial charge is 0.319 e. The van der Waals surface area contributed by atoms with E-state index in [0.29, 0.717) is 16.9 Å². The number of methoxy groups -OCH3 is 2. The van der Waals surface area contributed by atoms with Crippen molar-refractivity contribution < 1.29 is 18.7 Å². The van der Waals surface area contributed by atoms with Gasteiger partial charge in [-0.3, -0.25) is 4.79 Å². The van der Waals surface area contributed by atoms with Gasteiger partial charge in [0.25, 0.3) is 5.91 Å². The first-order valence-corrected chi connectivity index (χ1v) is 9.12. The quantitative estimate of drug-likeness (QED) is 0.654. The van der Waals surface area contributed by atoms with E-state index in [2.05, 4.69) is 9.97 Å². The Labute approximate surface area is 172 Å². The van der Waals surface area contributed by atoms with Crippen molar-refractivity contribution in [1.29, 1.82) is 0 Å². The number of primary amides is 1. The summed E-state index contributed by atoms with van der Waals surface area (Å²) in [7, 11) is 2.91. The number of nitrogens with zero attached hydrogens (tertiary/aromatic N) is 3. The van der Waals surface area contributed by atoms with E-state index in [1.807, 2.05) is 13.8 Å². The summed E-state index contributed by atoms with van der Waals surface area (Å²) in [5.74, 6) is -0.956. The molecule has 0 bridgehead atoms. The van der Waals surface area contributed by atoms with Crippen LogP contribution in [-0.4, -0.2) is 34.7 Å². The lowest BCUT2D eigenvalue weighted by molar-refractivity contribution is 0.100. The highest BCUT2D eigenvalue weighted by Crippen LogP contribution is 2.37. The minimum Gasteiger partial charge on any atom is -0.479 e. The van der Waals surface area contributed by atoms with Crippen molar-refractivity contribution in [2.45, 2.75) is 19.8 Å². The number of amides is 1. The molecule has 1 aromatic carbocycles. The summed E-state index contributed by atoms with van der Waals surface area (Å²) < 4.78 is 26.0. The summed E-state index contributed by atoms with van der Waals surface area (Å²) in [5.41, 5.74) is 8.10. The molecule has 9 heteroatoms. The Morgan fingerprint density at radius 2 is 1.97 bits per heavy atom. The predicted octanol–water partition coefficient (Wildman–Crippen LogP) is 3.97. The Bertz CT molecular complexity index is 1080. The number of carbonyl (C=O) groups excluding carboxylic acids is 1. The number of hydrogen-bond acceptors (Lipinski definition) is 5. The van der Waals surface area contributed by atoms with Gasteiger partial charge in [0.05, 0.1) is 36.7 Å². The Kier molecular flexibility index (Phi) is 5.74. The van der Waals surface area contributed by atoms with Gasteiger partial charge in [-0.2, -0.15) is 4.98 Å². The third kappa shape index (κ3) is 3.75. The summed E-state index contributed by atoms with van der Waals surface area (Å²) in [4.78, 5) is 20.6. The molecular formula is C20H20ClFN4O3. The summed E-state index contributed by atoms with van der Waals surface area (Å²) >= 11 is 6.00. The van der Waals surface area contributed by atoms with Crippen molar-refractivity contribution in [2.24, 2.45) is 5.73 Å². The number of benzene rings is 1. The molecule has 0 aliphatic rings. The van der Waals surface area contributed by atoms with E-state index >= 15 is 0 Å². The van der Waals surface area contributed by atoms with Gasteiger partial charge in [0.2, 0.25) is 5.88 Å². The van der Waals surface area contributed by atoms with Gasteiger partial charge in [0, 0.05) is 11.3 Å². The average Bonchev–Trinajstić information content (AvgIpc) is 3.10. The molecule has 3 aromatic rings. The van der Waals surface area contributed by atoms with E-state index in [4.69, 9.17) is 26.8 Å². The first kappa shape index (κ1) is 20.6. The predicted molar refractivity (Wildman–Crippen MR) is 107 cm³/mol. The molecule has 0 aliphatic carbocycles. The average molecular weight is 419 g/mol. The highest BCUT2D eigenvalue weighted by atomic mass is 35.5. The molecule has 29 heavy (non-hydrogen) atoms. The second-order valence-corrected chi connectivity index (χ2v) is 6.97. The first-order chi connectivity index (χ1) is 13.8. The fourth-order valence-electron chi connectivity index (χ4n) is 3.08. The van der Waals surface area contributed by atoms with Crippen LogP contribution in [0.15, 0.2) is 30.5 Å². The van der Waals surface area contributed by atoms with Crippen molar-refractivity contribution in [1.82, 2.24) is 14.5 Å². The Morgan fingerprint density at radius 3 is 2.52 bits per heavy atom. The van der Waals surface area contributed by atoms with Crippen molar-refractivity contribution in [3.05, 3.63) is 52.6 Å². The van der Waals surface area contributed by atoms with Crippen molar-refractivity contribution in [2.75, 3.05) is 14.2 Å². The second kappa shape index (κ2) is 8.08. The molecule has 0 saturated heterocycles. The van der Waals surface area contributed by atoms with E-state index in [0.717, 1.165) is 5.69 Å². The fourth-order valence-corrected chi connectivity index (χ4v) is 3.26. The molecule has 0 fully saturated rings. The minimum atomic E-state index is -0.630. The zero-order chi connectivity index (χ0) is 21.3. The molecule has 0 aliphatic heterocycles. The maximum absolute atomic E-state index is 13.7. The normalized spacial score (nSPS) is 11.0. The van der Waals surface area contributed by atoms with Gasteiger partial charge < -0.3 is 19.8 Å². The maximum Gasteiger partial charge on any atom is 0.319 e. The Hall–Kier alpha value is -3.13. The summed E-state index contributed by atoms with van der Waals surface area (Å²) in [5, 5.41) is -0.0743. The molecule has 2 heterocycles. The zero-order valence-corrected chi connectivity index (χ0v) is 17.1. The lowest BCUT2D eigenvalue weighted by Gasteiger charge is -2.18. The molecule has 0 atom stereocenters. The molecule has 0 spiro atoms. The lowest BCUT2D eigenvalue weighted by Crippen LogP contribution is -2.13. The molecule has 152 valence electrons. The van der Waals surface area contributed by atoms with Crippen LogP contribution < -0.4 is 15.2 Å². The van der Waals surface area contributed by atoms with Gasteiger partial charge in [-0.05, 0) is 30.2 Å². The monoisotopic (exact) mass is 418 g/mol. The second-order valence-electron chi connectivity index (χ2n) is 6.57. The van der Waals surface area contributed by atoms with Crippen molar-refractivity contribution in [3.63, 3.8) is 0 Å². The van der Waals surface area contributed by atoms with E-state index in [9.17, 15) is 9.18 Å². The zero-order valence-electron chi connectivity index (χ0n) is 16.4. The molecule has 7 nitrogen and oxygen atoms in total. The van der Waals surface area contributed by atoms with Crippen LogP contribution in [0.5, 0.6) is 11.9 Å². The summed E-state index contributed by atoms with van der Waals surface area (Å²) in [6, 6.07) is 6.03. The topological polar surface area (TPSA) is 92.3 Å². The van der Waals surface area contributed by atoms with Crippen LogP contribution in [0.2, 0.25) is 5.02 Å². The van der Waals surface area contributed by atoms with Crippen molar-refractivity contribution >= 4 is 17.5 Å². The van der Waals surface area contributed by atoms with E-state index in [1.54, 1.807) is 10.6 Å². The summed E-state index contributed by atoms with van der Waals surface area (Å²) in [6.45, 7) is 3.93. The van der Waals surface area contributed by atoms with Gasteiger partial charge in [-0.1, -0.05) is 25.4 Å². The van der Waals surface area contributed by atoms with Crippen molar-refractivity contribution in [3.8, 4) is 28.8 Å². The van der Waals surface area contributed by atoms with E-state index in [1.165, 1.54) is 38.6 Å². The first-order valence-electron chi connectivity index (χ1n) is 8.74. The highest BCUT2D eigenvalue weighted by molar-refractivity contribution is 6.31. The lowest BCUT2D eigenvalue weighted by atomic mass is 10.1. The van der Waals surface area contributed by atoms with Gasteiger partial charge in [-0.15, -0.1) is 0 Å². The van der Waals surface area contributed by atoms with Gasteiger partial charge in [0.15, 0.2) is 0 Å². The molecule has 2 aromatic heterocycles. The number of rotatable bonds is 6. The van der Waals surface area contributed by atoms with Gasteiger partial charge in [-0.25, -0.2) is 9.37 Å². The standard InChI is InChI=1S/C20H20ClFN4O3/c1-10(2)15-8-12(18(23)27)17(11-5-6-14(22)13(21)7-11)26(15)16-9-24-20(29-4)25-19(16)28-3/h5-10H,1-4H3,(H2,23,27). The number of carbonyl (C=O) groups is 1. The maximum atomic E-state index is 13.7. The Balaban J connectivity index is 2.42. The molecule has 0 radical (unpaired) electrons. The Morgan fingerprint density at radius 1 is 1.24 bits per heavy atom. The van der Waals surface area contributed by atoms with Gasteiger partial charge >= 0.3 is 6.01 Å². The number of hydrogen-bond donors (Lipinski definition) is 1. The third-order valence-corrected chi connectivity index (χ3v) is 4.70. The molecule has 1 amide bonds. The SMILES string of the molecule is COc1ncc(-n2c(C(C)C)cc(C(N)=O)c2-c2ccc(F)c(Cl)c2)c(OC)n1. The van der Waals surface area contributed by atoms with Crippen LogP contribution in [0.4, 0.5) is 4.39 Å². The summed E-state index contributed by atoms with van der Waals surface area (Å²) in [6.07, 6.45) is 1.52. The van der Waals surface area contributed by atoms with Crippen LogP contribution >= 0.6 is 11.6 Å². The molecular weight excluding hydrogens is 399 g/mol.